The van der Waals surface area contributed by atoms with Crippen LogP contribution in [0.3, 0.4) is 0 Å². The Morgan fingerprint density at radius 3 is 2.38 bits per heavy atom. The topological polar surface area (TPSA) is 26.3 Å². The lowest BCUT2D eigenvalue weighted by atomic mass is 10.1. The van der Waals surface area contributed by atoms with Crippen LogP contribution in [0, 0.1) is 5.82 Å². The summed E-state index contributed by atoms with van der Waals surface area (Å²) < 4.78 is 54.0. The van der Waals surface area contributed by atoms with Crippen molar-refractivity contribution in [2.24, 2.45) is 0 Å². The maximum Gasteiger partial charge on any atom is 0.454 e. The molecule has 0 bridgehead atoms. The summed E-state index contributed by atoms with van der Waals surface area (Å²) in [5, 5.41) is -0.217. The second-order valence-electron chi connectivity index (χ2n) is 2.80. The molecule has 0 aliphatic carbocycles. The molecule has 0 saturated heterocycles. The van der Waals surface area contributed by atoms with Crippen molar-refractivity contribution < 1.29 is 27.1 Å². The molecular weight excluding hydrogens is 252 g/mol. The lowest BCUT2D eigenvalue weighted by Crippen LogP contribution is -2.24. The van der Waals surface area contributed by atoms with Gasteiger partial charge in [0.2, 0.25) is 0 Å². The van der Waals surface area contributed by atoms with E-state index in [0.717, 1.165) is 13.2 Å². The molecule has 0 radical (unpaired) electrons. The Balaban J connectivity index is 3.34. The highest BCUT2D eigenvalue weighted by atomic mass is 35.5. The first kappa shape index (κ1) is 12.8. The number of carbonyl (C=O) groups is 1. The summed E-state index contributed by atoms with van der Waals surface area (Å²) in [6, 6.07) is 1.58. The third-order valence-corrected chi connectivity index (χ3v) is 1.94. The Kier molecular flexibility index (Phi) is 3.42. The summed E-state index contributed by atoms with van der Waals surface area (Å²) in [4.78, 5) is 10.8. The molecule has 0 spiro atoms. The Morgan fingerprint density at radius 2 is 1.94 bits per heavy atom. The molecule has 16 heavy (non-hydrogen) atoms. The predicted molar refractivity (Wildman–Crippen MR) is 48.3 cm³/mol. The number of halogens is 5. The highest BCUT2D eigenvalue weighted by Gasteiger charge is 2.41. The largest absolute Gasteiger partial charge is 0.494 e. The quantitative estimate of drug-likeness (QED) is 0.600. The van der Waals surface area contributed by atoms with E-state index >= 15 is 0 Å². The van der Waals surface area contributed by atoms with E-state index in [4.69, 9.17) is 11.6 Å². The summed E-state index contributed by atoms with van der Waals surface area (Å²) in [7, 11) is 1.05. The van der Waals surface area contributed by atoms with Crippen molar-refractivity contribution >= 4 is 17.4 Å². The van der Waals surface area contributed by atoms with Gasteiger partial charge in [-0.3, -0.25) is 4.79 Å². The van der Waals surface area contributed by atoms with E-state index in [1.165, 1.54) is 0 Å². The van der Waals surface area contributed by atoms with Crippen LogP contribution in [0.4, 0.5) is 17.6 Å². The molecule has 2 nitrogen and oxygen atoms in total. The average molecular weight is 257 g/mol. The lowest BCUT2D eigenvalue weighted by molar-refractivity contribution is -0.0887. The SMILES string of the molecule is COc1cc(Cl)cc(C(=O)C(F)(F)F)c1F. The molecule has 1 aromatic rings. The zero-order chi connectivity index (χ0) is 12.5. The summed E-state index contributed by atoms with van der Waals surface area (Å²) in [6.45, 7) is 0. The van der Waals surface area contributed by atoms with Crippen molar-refractivity contribution in [3.8, 4) is 5.75 Å². The molecule has 0 aliphatic rings. The van der Waals surface area contributed by atoms with E-state index in [-0.39, 0.29) is 5.02 Å². The van der Waals surface area contributed by atoms with Crippen molar-refractivity contribution in [2.45, 2.75) is 6.18 Å². The molecule has 0 unspecified atom stereocenters. The highest BCUT2D eigenvalue weighted by molar-refractivity contribution is 6.31. The van der Waals surface area contributed by atoms with Crippen molar-refractivity contribution in [3.63, 3.8) is 0 Å². The summed E-state index contributed by atoms with van der Waals surface area (Å²) >= 11 is 5.43. The second kappa shape index (κ2) is 4.29. The van der Waals surface area contributed by atoms with Gasteiger partial charge < -0.3 is 4.74 Å². The summed E-state index contributed by atoms with van der Waals surface area (Å²) in [5.41, 5.74) is -1.16. The molecule has 0 fully saturated rings. The van der Waals surface area contributed by atoms with E-state index < -0.39 is 29.1 Å². The fourth-order valence-electron chi connectivity index (χ4n) is 1.03. The van der Waals surface area contributed by atoms with Gasteiger partial charge in [0.05, 0.1) is 12.7 Å². The number of carbonyl (C=O) groups excluding carboxylic acids is 1. The third-order valence-electron chi connectivity index (χ3n) is 1.73. The van der Waals surface area contributed by atoms with Crippen LogP contribution >= 0.6 is 11.6 Å². The average Bonchev–Trinajstić information content (AvgIpc) is 2.18. The normalized spacial score (nSPS) is 11.4. The number of ether oxygens (including phenoxy) is 1. The van der Waals surface area contributed by atoms with E-state index in [9.17, 15) is 22.4 Å². The minimum absolute atomic E-state index is 0.217. The fourth-order valence-corrected chi connectivity index (χ4v) is 1.24. The molecule has 0 aromatic heterocycles. The fraction of sp³-hybridized carbons (Fsp3) is 0.222. The van der Waals surface area contributed by atoms with Gasteiger partial charge in [0.25, 0.3) is 5.78 Å². The van der Waals surface area contributed by atoms with Crippen LogP contribution in [0.1, 0.15) is 10.4 Å². The van der Waals surface area contributed by atoms with Crippen LogP contribution in [0.15, 0.2) is 12.1 Å². The molecule has 0 aliphatic heterocycles. The zero-order valence-corrected chi connectivity index (χ0v) is 8.62. The first-order chi connectivity index (χ1) is 7.27. The molecule has 0 atom stereocenters. The molecule has 1 aromatic carbocycles. The Labute approximate surface area is 92.8 Å². The molecule has 0 amide bonds. The molecule has 7 heteroatoms. The summed E-state index contributed by atoms with van der Waals surface area (Å²) in [5.74, 6) is -4.19. The van der Waals surface area contributed by atoms with Crippen molar-refractivity contribution in [2.75, 3.05) is 7.11 Å². The van der Waals surface area contributed by atoms with Gasteiger partial charge in [-0.25, -0.2) is 4.39 Å². The van der Waals surface area contributed by atoms with Gasteiger partial charge in [0.15, 0.2) is 11.6 Å². The molecule has 0 N–H and O–H groups in total. The van der Waals surface area contributed by atoms with Crippen LogP contribution < -0.4 is 4.74 Å². The molecular formula is C9H5ClF4O2. The van der Waals surface area contributed by atoms with Crippen LogP contribution in [0.2, 0.25) is 5.02 Å². The van der Waals surface area contributed by atoms with Gasteiger partial charge in [-0.15, -0.1) is 0 Å². The maximum absolute atomic E-state index is 13.3. The van der Waals surface area contributed by atoms with Crippen molar-refractivity contribution in [1.29, 1.82) is 0 Å². The van der Waals surface area contributed by atoms with Crippen LogP contribution in [0.5, 0.6) is 5.75 Å². The summed E-state index contributed by atoms with van der Waals surface area (Å²) in [6.07, 6.45) is -5.16. The van der Waals surface area contributed by atoms with Gasteiger partial charge in [-0.05, 0) is 6.07 Å². The van der Waals surface area contributed by atoms with E-state index in [2.05, 4.69) is 4.74 Å². The number of hydrogen-bond donors (Lipinski definition) is 0. The second-order valence-corrected chi connectivity index (χ2v) is 3.23. The smallest absolute Gasteiger partial charge is 0.454 e. The van der Waals surface area contributed by atoms with Crippen LogP contribution in [0.25, 0.3) is 0 Å². The van der Waals surface area contributed by atoms with Gasteiger partial charge in [0, 0.05) is 11.1 Å². The Bertz CT molecular complexity index is 428. The van der Waals surface area contributed by atoms with Crippen LogP contribution in [-0.4, -0.2) is 19.1 Å². The number of methoxy groups -OCH3 is 1. The van der Waals surface area contributed by atoms with Crippen molar-refractivity contribution in [1.82, 2.24) is 0 Å². The predicted octanol–water partition coefficient (Wildman–Crippen LogP) is 3.23. The Hall–Kier alpha value is -1.30. The van der Waals surface area contributed by atoms with E-state index in [1.54, 1.807) is 0 Å². The van der Waals surface area contributed by atoms with Gasteiger partial charge in [-0.1, -0.05) is 11.6 Å². The number of rotatable bonds is 2. The standard InChI is InChI=1S/C9H5ClF4O2/c1-16-6-3-4(10)2-5(7(6)11)8(15)9(12,13)14/h2-3H,1H3. The lowest BCUT2D eigenvalue weighted by Gasteiger charge is -2.09. The number of Topliss-reactive ketones (excluding diaryl/α,β-unsaturated/α-hetero) is 1. The van der Waals surface area contributed by atoms with Gasteiger partial charge in [-0.2, -0.15) is 13.2 Å². The Morgan fingerprint density at radius 1 is 1.38 bits per heavy atom. The molecule has 0 heterocycles. The highest BCUT2D eigenvalue weighted by Crippen LogP contribution is 2.30. The molecule has 88 valence electrons. The monoisotopic (exact) mass is 256 g/mol. The molecule has 0 saturated carbocycles. The van der Waals surface area contributed by atoms with Gasteiger partial charge >= 0.3 is 6.18 Å². The van der Waals surface area contributed by atoms with E-state index in [0.29, 0.717) is 6.07 Å². The van der Waals surface area contributed by atoms with E-state index in [1.807, 2.05) is 0 Å². The minimum atomic E-state index is -5.16. The number of ketones is 1. The first-order valence-electron chi connectivity index (χ1n) is 3.92. The number of hydrogen-bond acceptors (Lipinski definition) is 2. The van der Waals surface area contributed by atoms with Crippen molar-refractivity contribution in [3.05, 3.63) is 28.5 Å². The van der Waals surface area contributed by atoms with Crippen LogP contribution in [-0.2, 0) is 0 Å². The maximum atomic E-state index is 13.3. The minimum Gasteiger partial charge on any atom is -0.494 e. The first-order valence-corrected chi connectivity index (χ1v) is 4.29. The molecule has 1 rings (SSSR count). The number of benzene rings is 1. The zero-order valence-electron chi connectivity index (χ0n) is 7.86. The third kappa shape index (κ3) is 2.44. The number of alkyl halides is 3. The van der Waals surface area contributed by atoms with Gasteiger partial charge in [0.1, 0.15) is 0 Å².